The molecule has 2 aromatic rings. The van der Waals surface area contributed by atoms with E-state index in [0.717, 1.165) is 5.69 Å². The van der Waals surface area contributed by atoms with E-state index in [2.05, 4.69) is 5.10 Å². The molecule has 5 nitrogen and oxygen atoms in total. The van der Waals surface area contributed by atoms with Gasteiger partial charge in [-0.05, 0) is 30.7 Å². The lowest BCUT2D eigenvalue weighted by molar-refractivity contribution is 0.559. The summed E-state index contributed by atoms with van der Waals surface area (Å²) >= 11 is 0. The number of anilines is 1. The Morgan fingerprint density at radius 3 is 2.62 bits per heavy atom. The normalized spacial score (nSPS) is 20.9. The average Bonchev–Trinajstić information content (AvgIpc) is 3.10. The molecule has 110 valence electrons. The van der Waals surface area contributed by atoms with Gasteiger partial charge in [-0.25, -0.2) is 8.42 Å². The Morgan fingerprint density at radius 2 is 2.00 bits per heavy atom. The standard InChI is InChI=1S/C15H16N2O3S/c18-21(19)10-8-14(12-21)17(13-5-2-1-3-6-13)16-11-15-7-4-9-20-15/h1-7,9,11,14H,8,10,12H2/b16-11+. The maximum Gasteiger partial charge on any atom is 0.152 e. The van der Waals surface area contributed by atoms with Crippen LogP contribution in [-0.2, 0) is 9.84 Å². The fourth-order valence-electron chi connectivity index (χ4n) is 2.40. The topological polar surface area (TPSA) is 62.9 Å². The van der Waals surface area contributed by atoms with E-state index in [1.165, 1.54) is 0 Å². The van der Waals surface area contributed by atoms with Crippen molar-refractivity contribution < 1.29 is 12.8 Å². The number of hydrogen-bond donors (Lipinski definition) is 0. The Balaban J connectivity index is 1.88. The fraction of sp³-hybridized carbons (Fsp3) is 0.267. The molecule has 1 fully saturated rings. The van der Waals surface area contributed by atoms with Gasteiger partial charge in [0.1, 0.15) is 5.76 Å². The second kappa shape index (κ2) is 5.73. The Bertz CT molecular complexity index is 709. The Labute approximate surface area is 123 Å². The zero-order chi connectivity index (χ0) is 14.7. The molecule has 1 aromatic carbocycles. The number of benzene rings is 1. The van der Waals surface area contributed by atoms with Crippen LogP contribution in [0.4, 0.5) is 5.69 Å². The molecule has 3 rings (SSSR count). The van der Waals surface area contributed by atoms with Gasteiger partial charge in [-0.1, -0.05) is 18.2 Å². The third-order valence-electron chi connectivity index (χ3n) is 3.43. The molecule has 0 radical (unpaired) electrons. The highest BCUT2D eigenvalue weighted by atomic mass is 32.2. The van der Waals surface area contributed by atoms with Gasteiger partial charge >= 0.3 is 0 Å². The van der Waals surface area contributed by atoms with Crippen molar-refractivity contribution in [2.24, 2.45) is 5.10 Å². The first-order chi connectivity index (χ1) is 10.1. The number of furan rings is 1. The minimum absolute atomic E-state index is 0.136. The molecule has 1 aliphatic heterocycles. The number of hydrazone groups is 1. The minimum Gasteiger partial charge on any atom is -0.463 e. The summed E-state index contributed by atoms with van der Waals surface area (Å²) in [5.41, 5.74) is 0.877. The van der Waals surface area contributed by atoms with Crippen LogP contribution < -0.4 is 5.01 Å². The summed E-state index contributed by atoms with van der Waals surface area (Å²) in [6.07, 6.45) is 3.78. The molecule has 1 atom stereocenters. The molecule has 0 spiro atoms. The summed E-state index contributed by atoms with van der Waals surface area (Å²) < 4.78 is 28.7. The van der Waals surface area contributed by atoms with E-state index in [-0.39, 0.29) is 17.5 Å². The highest BCUT2D eigenvalue weighted by Gasteiger charge is 2.32. The van der Waals surface area contributed by atoms with Crippen molar-refractivity contribution in [3.63, 3.8) is 0 Å². The van der Waals surface area contributed by atoms with Crippen molar-refractivity contribution in [3.8, 4) is 0 Å². The molecule has 0 saturated carbocycles. The first-order valence-electron chi connectivity index (χ1n) is 6.76. The number of para-hydroxylation sites is 1. The third kappa shape index (κ3) is 3.33. The van der Waals surface area contributed by atoms with Gasteiger partial charge in [0.25, 0.3) is 0 Å². The predicted octanol–water partition coefficient (Wildman–Crippen LogP) is 2.31. The van der Waals surface area contributed by atoms with Gasteiger partial charge in [0, 0.05) is 0 Å². The van der Waals surface area contributed by atoms with E-state index >= 15 is 0 Å². The summed E-state index contributed by atoms with van der Waals surface area (Å²) in [5.74, 6) is 0.992. The highest BCUT2D eigenvalue weighted by Crippen LogP contribution is 2.24. The van der Waals surface area contributed by atoms with E-state index in [9.17, 15) is 8.42 Å². The maximum absolute atomic E-state index is 11.7. The molecule has 2 heterocycles. The molecular formula is C15H16N2O3S. The molecule has 1 aromatic heterocycles. The quantitative estimate of drug-likeness (QED) is 0.642. The number of nitrogens with zero attached hydrogens (tertiary/aromatic N) is 2. The SMILES string of the molecule is O=S1(=O)CCC(N(/N=C/c2ccco2)c2ccccc2)C1. The van der Waals surface area contributed by atoms with Crippen molar-refractivity contribution in [3.05, 3.63) is 54.5 Å². The Hall–Kier alpha value is -2.08. The lowest BCUT2D eigenvalue weighted by Crippen LogP contribution is -2.31. The summed E-state index contributed by atoms with van der Waals surface area (Å²) in [5, 5.41) is 6.21. The van der Waals surface area contributed by atoms with Crippen molar-refractivity contribution in [1.29, 1.82) is 0 Å². The van der Waals surface area contributed by atoms with Crippen LogP contribution in [0.5, 0.6) is 0 Å². The fourth-order valence-corrected chi connectivity index (χ4v) is 4.10. The molecule has 1 aliphatic rings. The predicted molar refractivity (Wildman–Crippen MR) is 82.3 cm³/mol. The van der Waals surface area contributed by atoms with E-state index in [1.807, 2.05) is 30.3 Å². The first-order valence-corrected chi connectivity index (χ1v) is 8.58. The summed E-state index contributed by atoms with van der Waals surface area (Å²) in [7, 11) is -2.96. The zero-order valence-electron chi connectivity index (χ0n) is 11.4. The molecule has 0 N–H and O–H groups in total. The van der Waals surface area contributed by atoms with Crippen LogP contribution in [0.3, 0.4) is 0 Å². The number of sulfone groups is 1. The molecular weight excluding hydrogens is 288 g/mol. The summed E-state index contributed by atoms with van der Waals surface area (Å²) in [6.45, 7) is 0. The third-order valence-corrected chi connectivity index (χ3v) is 5.18. The largest absolute Gasteiger partial charge is 0.463 e. The second-order valence-electron chi connectivity index (χ2n) is 5.00. The van der Waals surface area contributed by atoms with Crippen molar-refractivity contribution in [2.75, 3.05) is 16.5 Å². The molecule has 1 unspecified atom stereocenters. The van der Waals surface area contributed by atoms with Crippen LogP contribution >= 0.6 is 0 Å². The zero-order valence-corrected chi connectivity index (χ0v) is 12.2. The van der Waals surface area contributed by atoms with Crippen LogP contribution in [-0.4, -0.2) is 32.2 Å². The van der Waals surface area contributed by atoms with Crippen LogP contribution in [0.15, 0.2) is 58.2 Å². The van der Waals surface area contributed by atoms with Crippen molar-refractivity contribution in [1.82, 2.24) is 0 Å². The first kappa shape index (κ1) is 13.9. The van der Waals surface area contributed by atoms with Crippen molar-refractivity contribution in [2.45, 2.75) is 12.5 Å². The van der Waals surface area contributed by atoms with E-state index in [4.69, 9.17) is 4.42 Å². The van der Waals surface area contributed by atoms with Gasteiger partial charge in [0.2, 0.25) is 0 Å². The monoisotopic (exact) mass is 304 g/mol. The summed E-state index contributed by atoms with van der Waals surface area (Å²) in [4.78, 5) is 0. The minimum atomic E-state index is -2.96. The van der Waals surface area contributed by atoms with E-state index in [1.54, 1.807) is 29.6 Å². The van der Waals surface area contributed by atoms with Crippen LogP contribution in [0.2, 0.25) is 0 Å². The van der Waals surface area contributed by atoms with Gasteiger partial charge in [-0.15, -0.1) is 0 Å². The van der Waals surface area contributed by atoms with Gasteiger partial charge in [-0.2, -0.15) is 5.10 Å². The molecule has 0 aliphatic carbocycles. The molecule has 6 heteroatoms. The number of hydrogen-bond acceptors (Lipinski definition) is 5. The van der Waals surface area contributed by atoms with Crippen molar-refractivity contribution >= 4 is 21.7 Å². The number of rotatable bonds is 4. The highest BCUT2D eigenvalue weighted by molar-refractivity contribution is 7.91. The van der Waals surface area contributed by atoms with Gasteiger partial charge in [-0.3, -0.25) is 5.01 Å². The van der Waals surface area contributed by atoms with Crippen LogP contribution in [0.25, 0.3) is 0 Å². The molecule has 0 amide bonds. The molecule has 0 bridgehead atoms. The lowest BCUT2D eigenvalue weighted by Gasteiger charge is -2.24. The average molecular weight is 304 g/mol. The van der Waals surface area contributed by atoms with E-state index < -0.39 is 9.84 Å². The van der Waals surface area contributed by atoms with Gasteiger partial charge in [0.05, 0.1) is 35.7 Å². The molecule has 1 saturated heterocycles. The smallest absolute Gasteiger partial charge is 0.152 e. The van der Waals surface area contributed by atoms with Gasteiger partial charge in [0.15, 0.2) is 9.84 Å². The second-order valence-corrected chi connectivity index (χ2v) is 7.23. The lowest BCUT2D eigenvalue weighted by atomic mass is 10.2. The summed E-state index contributed by atoms with van der Waals surface area (Å²) in [6, 6.07) is 13.0. The van der Waals surface area contributed by atoms with E-state index in [0.29, 0.717) is 12.2 Å². The van der Waals surface area contributed by atoms with Crippen LogP contribution in [0, 0.1) is 0 Å². The van der Waals surface area contributed by atoms with Crippen LogP contribution in [0.1, 0.15) is 12.2 Å². The molecule has 21 heavy (non-hydrogen) atoms. The Morgan fingerprint density at radius 1 is 1.19 bits per heavy atom. The Kier molecular flexibility index (Phi) is 3.79. The van der Waals surface area contributed by atoms with Gasteiger partial charge < -0.3 is 4.42 Å². The maximum atomic E-state index is 11.7.